The Labute approximate surface area is 175 Å². The molecule has 0 saturated carbocycles. The van der Waals surface area contributed by atoms with Crippen molar-refractivity contribution < 1.29 is 9.90 Å². The molecule has 7 heteroatoms. The largest absolute Gasteiger partial charge is 0.465 e. The highest BCUT2D eigenvalue weighted by Crippen LogP contribution is 2.27. The number of anilines is 3. The first kappa shape index (κ1) is 19.7. The van der Waals surface area contributed by atoms with Crippen molar-refractivity contribution in [3.8, 4) is 11.3 Å². The molecule has 1 amide bonds. The van der Waals surface area contributed by atoms with Crippen LogP contribution >= 0.6 is 0 Å². The molecule has 2 aromatic heterocycles. The number of carbonyl (C=O) groups is 1. The monoisotopic (exact) mass is 403 g/mol. The Balaban J connectivity index is 1.48. The van der Waals surface area contributed by atoms with Crippen LogP contribution in [-0.4, -0.2) is 40.3 Å². The highest BCUT2D eigenvalue weighted by atomic mass is 16.4. The van der Waals surface area contributed by atoms with Crippen LogP contribution in [0.25, 0.3) is 11.3 Å². The molecule has 3 aromatic rings. The third-order valence-corrected chi connectivity index (χ3v) is 5.25. The second-order valence-corrected chi connectivity index (χ2v) is 7.51. The van der Waals surface area contributed by atoms with Gasteiger partial charge in [-0.05, 0) is 61.7 Å². The maximum atomic E-state index is 10.8. The number of piperidine rings is 1. The van der Waals surface area contributed by atoms with Crippen molar-refractivity contribution in [3.05, 3.63) is 66.4 Å². The smallest absolute Gasteiger partial charge is 0.404 e. The molecule has 1 aliphatic heterocycles. The number of rotatable bonds is 5. The van der Waals surface area contributed by atoms with E-state index in [1.165, 1.54) is 0 Å². The first-order chi connectivity index (χ1) is 14.6. The second-order valence-electron chi connectivity index (χ2n) is 7.51. The molecule has 3 N–H and O–H groups in total. The summed E-state index contributed by atoms with van der Waals surface area (Å²) in [5.74, 6) is 1.52. The Kier molecular flexibility index (Phi) is 5.79. The Hall–Kier alpha value is -3.61. The first-order valence-corrected chi connectivity index (χ1v) is 10.1. The summed E-state index contributed by atoms with van der Waals surface area (Å²) in [5, 5.41) is 14.8. The summed E-state index contributed by atoms with van der Waals surface area (Å²) in [7, 11) is 0. The third-order valence-electron chi connectivity index (χ3n) is 5.25. The molecule has 1 saturated heterocycles. The molecule has 0 spiro atoms. The zero-order valence-corrected chi connectivity index (χ0v) is 16.9. The molecular weight excluding hydrogens is 378 g/mol. The van der Waals surface area contributed by atoms with Gasteiger partial charge in [-0.1, -0.05) is 18.2 Å². The first-order valence-electron chi connectivity index (χ1n) is 10.1. The van der Waals surface area contributed by atoms with Crippen molar-refractivity contribution in [1.82, 2.24) is 15.3 Å². The third kappa shape index (κ3) is 4.86. The normalized spacial score (nSPS) is 14.4. The summed E-state index contributed by atoms with van der Waals surface area (Å²) in [5.41, 5.74) is 4.19. The van der Waals surface area contributed by atoms with E-state index in [9.17, 15) is 4.79 Å². The molecule has 4 rings (SSSR count). The van der Waals surface area contributed by atoms with Crippen LogP contribution in [0.3, 0.4) is 0 Å². The van der Waals surface area contributed by atoms with E-state index in [0.29, 0.717) is 0 Å². The van der Waals surface area contributed by atoms with Gasteiger partial charge in [-0.2, -0.15) is 0 Å². The van der Waals surface area contributed by atoms with Gasteiger partial charge in [-0.3, -0.25) is 0 Å². The second kappa shape index (κ2) is 8.82. The quantitative estimate of drug-likeness (QED) is 0.584. The van der Waals surface area contributed by atoms with Gasteiger partial charge in [0.1, 0.15) is 11.6 Å². The van der Waals surface area contributed by atoms with Crippen molar-refractivity contribution in [3.63, 3.8) is 0 Å². The van der Waals surface area contributed by atoms with Gasteiger partial charge in [-0.25, -0.2) is 14.8 Å². The molecular formula is C23H25N5O2. The zero-order chi connectivity index (χ0) is 20.9. The summed E-state index contributed by atoms with van der Waals surface area (Å²) >= 11 is 0. The summed E-state index contributed by atoms with van der Waals surface area (Å²) < 4.78 is 0. The Morgan fingerprint density at radius 2 is 1.87 bits per heavy atom. The molecule has 0 radical (unpaired) electrons. The molecule has 0 bridgehead atoms. The number of benzene rings is 1. The lowest BCUT2D eigenvalue weighted by atomic mass is 10.0. The number of aryl methyl sites for hydroxylation is 1. The predicted octanol–water partition coefficient (Wildman–Crippen LogP) is 4.43. The minimum Gasteiger partial charge on any atom is -0.465 e. The molecule has 0 atom stereocenters. The van der Waals surface area contributed by atoms with Gasteiger partial charge in [0.25, 0.3) is 0 Å². The van der Waals surface area contributed by atoms with Crippen molar-refractivity contribution in [2.24, 2.45) is 0 Å². The lowest BCUT2D eigenvalue weighted by molar-refractivity contribution is 0.187. The highest BCUT2D eigenvalue weighted by Gasteiger charge is 2.20. The van der Waals surface area contributed by atoms with Crippen molar-refractivity contribution in [2.75, 3.05) is 23.3 Å². The van der Waals surface area contributed by atoms with Gasteiger partial charge in [0.05, 0.1) is 5.69 Å². The van der Waals surface area contributed by atoms with Crippen molar-refractivity contribution >= 4 is 23.4 Å². The van der Waals surface area contributed by atoms with Crippen molar-refractivity contribution in [2.45, 2.75) is 25.8 Å². The van der Waals surface area contributed by atoms with E-state index >= 15 is 0 Å². The Morgan fingerprint density at radius 1 is 1.07 bits per heavy atom. The number of hydrogen-bond acceptors (Lipinski definition) is 5. The average Bonchev–Trinajstić information content (AvgIpc) is 2.74. The van der Waals surface area contributed by atoms with Gasteiger partial charge in [0.15, 0.2) is 0 Å². The van der Waals surface area contributed by atoms with E-state index in [2.05, 4.69) is 38.7 Å². The van der Waals surface area contributed by atoms with Gasteiger partial charge >= 0.3 is 6.09 Å². The van der Waals surface area contributed by atoms with Crippen LogP contribution in [0.2, 0.25) is 0 Å². The fourth-order valence-corrected chi connectivity index (χ4v) is 3.72. The van der Waals surface area contributed by atoms with Crippen LogP contribution in [0.15, 0.2) is 60.8 Å². The van der Waals surface area contributed by atoms with Crippen LogP contribution < -0.4 is 15.5 Å². The molecule has 0 unspecified atom stereocenters. The Bertz CT molecular complexity index is 1030. The average molecular weight is 403 g/mol. The van der Waals surface area contributed by atoms with Crippen LogP contribution in [0.4, 0.5) is 22.1 Å². The molecule has 1 fully saturated rings. The number of nitrogens with zero attached hydrogens (tertiary/aromatic N) is 3. The standard InChI is InChI=1S/C23H25N5O2/c1-16-8-11-24-22(14-16)27-21-7-3-6-20(26-21)17-4-2-5-19(15-17)28-12-9-18(10-13-28)25-23(29)30/h2-8,11,14-15,18,25H,9-10,12-13H2,1H3,(H,29,30)(H,24,26,27). The van der Waals surface area contributed by atoms with E-state index < -0.39 is 6.09 Å². The molecule has 154 valence electrons. The number of aromatic nitrogens is 2. The van der Waals surface area contributed by atoms with E-state index in [1.807, 2.05) is 43.3 Å². The van der Waals surface area contributed by atoms with Gasteiger partial charge in [0.2, 0.25) is 0 Å². The maximum absolute atomic E-state index is 10.8. The topological polar surface area (TPSA) is 90.4 Å². The van der Waals surface area contributed by atoms with Crippen LogP contribution in [0.5, 0.6) is 0 Å². The summed E-state index contributed by atoms with van der Waals surface area (Å²) in [6.07, 6.45) is 2.44. The summed E-state index contributed by atoms with van der Waals surface area (Å²) in [6, 6.07) is 18.2. The summed E-state index contributed by atoms with van der Waals surface area (Å²) in [4.78, 5) is 22.2. The number of pyridine rings is 2. The number of nitrogens with one attached hydrogen (secondary N) is 2. The molecule has 30 heavy (non-hydrogen) atoms. The highest BCUT2D eigenvalue weighted by molar-refractivity contribution is 5.68. The zero-order valence-electron chi connectivity index (χ0n) is 16.9. The molecule has 1 aliphatic rings. The predicted molar refractivity (Wildman–Crippen MR) is 118 cm³/mol. The Morgan fingerprint density at radius 3 is 2.63 bits per heavy atom. The van der Waals surface area contributed by atoms with Gasteiger partial charge in [0, 0.05) is 36.6 Å². The van der Waals surface area contributed by atoms with E-state index in [-0.39, 0.29) is 6.04 Å². The molecule has 0 aliphatic carbocycles. The number of carboxylic acid groups (broad SMARTS) is 1. The summed E-state index contributed by atoms with van der Waals surface area (Å²) in [6.45, 7) is 3.67. The molecule has 3 heterocycles. The van der Waals surface area contributed by atoms with Gasteiger partial charge < -0.3 is 20.6 Å². The van der Waals surface area contributed by atoms with Crippen LogP contribution in [0, 0.1) is 6.92 Å². The van der Waals surface area contributed by atoms with E-state index in [4.69, 9.17) is 10.1 Å². The lowest BCUT2D eigenvalue weighted by Gasteiger charge is -2.33. The van der Waals surface area contributed by atoms with Gasteiger partial charge in [-0.15, -0.1) is 0 Å². The fourth-order valence-electron chi connectivity index (χ4n) is 3.72. The number of hydrogen-bond donors (Lipinski definition) is 3. The van der Waals surface area contributed by atoms with Crippen LogP contribution in [-0.2, 0) is 0 Å². The minimum absolute atomic E-state index is 0.0292. The van der Waals surface area contributed by atoms with E-state index in [1.54, 1.807) is 6.20 Å². The van der Waals surface area contributed by atoms with Crippen LogP contribution in [0.1, 0.15) is 18.4 Å². The molecule has 7 nitrogen and oxygen atoms in total. The SMILES string of the molecule is Cc1ccnc(Nc2cccc(-c3cccc(N4CCC(NC(=O)O)CC4)c3)n2)c1. The van der Waals surface area contributed by atoms with E-state index in [0.717, 1.165) is 60.1 Å². The van der Waals surface area contributed by atoms with Crippen molar-refractivity contribution in [1.29, 1.82) is 0 Å². The lowest BCUT2D eigenvalue weighted by Crippen LogP contribution is -2.44. The molecule has 1 aromatic carbocycles. The number of amides is 1. The minimum atomic E-state index is -0.948. The maximum Gasteiger partial charge on any atom is 0.404 e. The fraction of sp³-hybridized carbons (Fsp3) is 0.261.